The van der Waals surface area contributed by atoms with Crippen LogP contribution < -0.4 is 0 Å². The van der Waals surface area contributed by atoms with E-state index in [1.165, 1.54) is 0 Å². The number of likely N-dealkylation sites (tertiary alicyclic amines) is 1. The van der Waals surface area contributed by atoms with Gasteiger partial charge in [-0.15, -0.1) is 0 Å². The van der Waals surface area contributed by atoms with E-state index < -0.39 is 0 Å². The second-order valence-electron chi connectivity index (χ2n) is 5.67. The summed E-state index contributed by atoms with van der Waals surface area (Å²) in [7, 11) is 0. The van der Waals surface area contributed by atoms with Crippen LogP contribution in [0.5, 0.6) is 0 Å². The van der Waals surface area contributed by atoms with E-state index >= 15 is 0 Å². The van der Waals surface area contributed by atoms with Gasteiger partial charge in [0.05, 0.1) is 5.92 Å². The molecule has 2 saturated heterocycles. The van der Waals surface area contributed by atoms with Gasteiger partial charge in [0.2, 0.25) is 18.2 Å². The van der Waals surface area contributed by atoms with Crippen molar-refractivity contribution in [1.29, 1.82) is 0 Å². The Morgan fingerprint density at radius 2 is 2.00 bits per heavy atom. The molecule has 0 aromatic carbocycles. The smallest absolute Gasteiger partial charge is 0.228 e. The molecule has 0 aliphatic carbocycles. The van der Waals surface area contributed by atoms with E-state index in [-0.39, 0.29) is 23.8 Å². The number of nitrogens with zero attached hydrogens (tertiary/aromatic N) is 3. The van der Waals surface area contributed by atoms with Gasteiger partial charge < -0.3 is 14.7 Å². The first kappa shape index (κ1) is 14.8. The average Bonchev–Trinajstić information content (AvgIpc) is 2.87. The molecule has 2 aliphatic heterocycles. The first-order valence-electron chi connectivity index (χ1n) is 7.34. The Hall–Kier alpha value is -1.59. The lowest BCUT2D eigenvalue weighted by Crippen LogP contribution is -2.50. The van der Waals surface area contributed by atoms with Gasteiger partial charge in [-0.2, -0.15) is 0 Å². The van der Waals surface area contributed by atoms with Gasteiger partial charge in [-0.25, -0.2) is 0 Å². The maximum Gasteiger partial charge on any atom is 0.228 e. The highest BCUT2D eigenvalue weighted by atomic mass is 16.2. The van der Waals surface area contributed by atoms with Crippen molar-refractivity contribution in [2.45, 2.75) is 32.7 Å². The van der Waals surface area contributed by atoms with E-state index in [1.807, 2.05) is 18.7 Å². The number of rotatable bonds is 4. The van der Waals surface area contributed by atoms with Crippen LogP contribution >= 0.6 is 0 Å². The van der Waals surface area contributed by atoms with Crippen molar-refractivity contribution in [2.24, 2.45) is 5.92 Å². The first-order valence-corrected chi connectivity index (χ1v) is 7.34. The SMILES string of the molecule is CCC(C)N1CC(C(=O)N2CCN(C=O)CC2)CC1=O. The van der Waals surface area contributed by atoms with E-state index in [9.17, 15) is 14.4 Å². The molecule has 2 fully saturated rings. The molecule has 0 N–H and O–H groups in total. The Kier molecular flexibility index (Phi) is 4.62. The summed E-state index contributed by atoms with van der Waals surface area (Å²) >= 11 is 0. The van der Waals surface area contributed by atoms with Crippen molar-refractivity contribution < 1.29 is 14.4 Å². The van der Waals surface area contributed by atoms with Crippen molar-refractivity contribution in [3.8, 4) is 0 Å². The van der Waals surface area contributed by atoms with Crippen LogP contribution in [0.4, 0.5) is 0 Å². The van der Waals surface area contributed by atoms with Crippen LogP contribution in [0.2, 0.25) is 0 Å². The van der Waals surface area contributed by atoms with Crippen molar-refractivity contribution in [3.05, 3.63) is 0 Å². The molecule has 20 heavy (non-hydrogen) atoms. The van der Waals surface area contributed by atoms with Crippen LogP contribution in [-0.2, 0) is 14.4 Å². The summed E-state index contributed by atoms with van der Waals surface area (Å²) in [6.07, 6.45) is 2.06. The van der Waals surface area contributed by atoms with E-state index in [4.69, 9.17) is 0 Å². The molecule has 2 heterocycles. The fraction of sp³-hybridized carbons (Fsp3) is 0.786. The molecular weight excluding hydrogens is 258 g/mol. The van der Waals surface area contributed by atoms with Crippen molar-refractivity contribution in [3.63, 3.8) is 0 Å². The molecule has 2 rings (SSSR count). The molecule has 2 unspecified atom stereocenters. The first-order chi connectivity index (χ1) is 9.56. The third-order valence-corrected chi connectivity index (χ3v) is 4.41. The summed E-state index contributed by atoms with van der Waals surface area (Å²) in [5.41, 5.74) is 0. The fourth-order valence-electron chi connectivity index (χ4n) is 2.85. The number of carbonyl (C=O) groups excluding carboxylic acids is 3. The highest BCUT2D eigenvalue weighted by Gasteiger charge is 2.38. The molecule has 112 valence electrons. The third kappa shape index (κ3) is 2.94. The molecule has 0 aromatic rings. The maximum absolute atomic E-state index is 12.4. The normalized spacial score (nSPS) is 25.0. The Morgan fingerprint density at radius 3 is 2.55 bits per heavy atom. The molecule has 0 radical (unpaired) electrons. The lowest BCUT2D eigenvalue weighted by molar-refractivity contribution is -0.139. The van der Waals surface area contributed by atoms with Gasteiger partial charge in [0, 0.05) is 45.2 Å². The van der Waals surface area contributed by atoms with Gasteiger partial charge in [0.15, 0.2) is 0 Å². The monoisotopic (exact) mass is 281 g/mol. The Morgan fingerprint density at radius 1 is 1.35 bits per heavy atom. The van der Waals surface area contributed by atoms with Crippen molar-refractivity contribution in [2.75, 3.05) is 32.7 Å². The van der Waals surface area contributed by atoms with Gasteiger partial charge in [-0.05, 0) is 13.3 Å². The van der Waals surface area contributed by atoms with Gasteiger partial charge in [-0.1, -0.05) is 6.92 Å². The van der Waals surface area contributed by atoms with Crippen LogP contribution in [0.3, 0.4) is 0 Å². The van der Waals surface area contributed by atoms with Gasteiger partial charge in [-0.3, -0.25) is 14.4 Å². The lowest BCUT2D eigenvalue weighted by Gasteiger charge is -2.34. The predicted molar refractivity (Wildman–Crippen MR) is 73.8 cm³/mol. The number of piperazine rings is 1. The molecule has 2 atom stereocenters. The summed E-state index contributed by atoms with van der Waals surface area (Å²) in [5, 5.41) is 0. The predicted octanol–water partition coefficient (Wildman–Crippen LogP) is -0.0660. The zero-order valence-electron chi connectivity index (χ0n) is 12.2. The maximum atomic E-state index is 12.4. The minimum Gasteiger partial charge on any atom is -0.342 e. The molecule has 0 saturated carbocycles. The van der Waals surface area contributed by atoms with E-state index in [2.05, 4.69) is 0 Å². The molecule has 3 amide bonds. The van der Waals surface area contributed by atoms with Crippen LogP contribution in [-0.4, -0.2) is 71.7 Å². The molecule has 0 aromatic heterocycles. The molecular formula is C14H23N3O3. The summed E-state index contributed by atoms with van der Waals surface area (Å²) in [4.78, 5) is 40.4. The molecule has 2 aliphatic rings. The fourth-order valence-corrected chi connectivity index (χ4v) is 2.85. The Balaban J connectivity index is 1.91. The average molecular weight is 281 g/mol. The van der Waals surface area contributed by atoms with Crippen LogP contribution in [0.25, 0.3) is 0 Å². The standard InChI is InChI=1S/C14H23N3O3/c1-3-11(2)17-9-12(8-13(17)19)14(20)16-6-4-15(10-18)5-7-16/h10-12H,3-9H2,1-2H3. The highest BCUT2D eigenvalue weighted by Crippen LogP contribution is 2.23. The number of hydrogen-bond acceptors (Lipinski definition) is 3. The van der Waals surface area contributed by atoms with Gasteiger partial charge in [0.25, 0.3) is 0 Å². The summed E-state index contributed by atoms with van der Waals surface area (Å²) < 4.78 is 0. The largest absolute Gasteiger partial charge is 0.342 e. The lowest BCUT2D eigenvalue weighted by atomic mass is 10.1. The van der Waals surface area contributed by atoms with Crippen LogP contribution in [0.1, 0.15) is 26.7 Å². The van der Waals surface area contributed by atoms with Crippen molar-refractivity contribution >= 4 is 18.2 Å². The van der Waals surface area contributed by atoms with E-state index in [0.29, 0.717) is 39.1 Å². The number of amides is 3. The van der Waals surface area contributed by atoms with Gasteiger partial charge >= 0.3 is 0 Å². The van der Waals surface area contributed by atoms with Gasteiger partial charge in [0.1, 0.15) is 0 Å². The van der Waals surface area contributed by atoms with Crippen LogP contribution in [0, 0.1) is 5.92 Å². The minimum absolute atomic E-state index is 0.0645. The minimum atomic E-state index is -0.209. The number of hydrogen-bond donors (Lipinski definition) is 0. The van der Waals surface area contributed by atoms with Crippen molar-refractivity contribution in [1.82, 2.24) is 14.7 Å². The Labute approximate surface area is 119 Å². The van der Waals surface area contributed by atoms with Crippen LogP contribution in [0.15, 0.2) is 0 Å². The Bertz CT molecular complexity index is 391. The summed E-state index contributed by atoms with van der Waals surface area (Å²) in [6.45, 7) is 6.94. The quantitative estimate of drug-likeness (QED) is 0.678. The third-order valence-electron chi connectivity index (χ3n) is 4.41. The van der Waals surface area contributed by atoms with E-state index in [0.717, 1.165) is 12.8 Å². The molecule has 0 spiro atoms. The number of carbonyl (C=O) groups is 3. The zero-order valence-corrected chi connectivity index (χ0v) is 12.2. The zero-order chi connectivity index (χ0) is 14.7. The highest BCUT2D eigenvalue weighted by molar-refractivity contribution is 5.89. The topological polar surface area (TPSA) is 60.9 Å². The molecule has 6 heteroatoms. The molecule has 6 nitrogen and oxygen atoms in total. The van der Waals surface area contributed by atoms with E-state index in [1.54, 1.807) is 9.80 Å². The second kappa shape index (κ2) is 6.24. The molecule has 0 bridgehead atoms. The summed E-state index contributed by atoms with van der Waals surface area (Å²) in [5.74, 6) is -0.0572. The second-order valence-corrected chi connectivity index (χ2v) is 5.67. The summed E-state index contributed by atoms with van der Waals surface area (Å²) in [6, 6.07) is 0.201.